The third-order valence-corrected chi connectivity index (χ3v) is 4.14. The smallest absolute Gasteiger partial charge is 0.320 e. The van der Waals surface area contributed by atoms with Crippen LogP contribution in [0.15, 0.2) is 18.2 Å². The molecule has 0 bridgehead atoms. The van der Waals surface area contributed by atoms with Crippen molar-refractivity contribution >= 4 is 29.2 Å². The molecule has 0 heterocycles. The number of benzene rings is 1. The summed E-state index contributed by atoms with van der Waals surface area (Å²) in [6, 6.07) is 5.01. The van der Waals surface area contributed by atoms with E-state index in [-0.39, 0.29) is 6.04 Å². The zero-order chi connectivity index (χ0) is 15.8. The van der Waals surface area contributed by atoms with E-state index in [1.807, 2.05) is 13.0 Å². The van der Waals surface area contributed by atoms with E-state index in [0.29, 0.717) is 22.9 Å². The molecule has 2 atom stereocenters. The van der Waals surface area contributed by atoms with Gasteiger partial charge in [0.25, 0.3) is 0 Å². The Labute approximate surface area is 136 Å². The second kappa shape index (κ2) is 9.29. The van der Waals surface area contributed by atoms with Crippen LogP contribution in [0.5, 0.6) is 0 Å². The zero-order valence-corrected chi connectivity index (χ0v) is 14.0. The van der Waals surface area contributed by atoms with Crippen LogP contribution in [-0.4, -0.2) is 23.2 Å². The SMILES string of the molecule is CCCC[C@H](NC(CC)Cc1ccc(Cl)cc1Cl)C(=O)O. The summed E-state index contributed by atoms with van der Waals surface area (Å²) in [7, 11) is 0. The van der Waals surface area contributed by atoms with Crippen molar-refractivity contribution in [1.82, 2.24) is 5.32 Å². The van der Waals surface area contributed by atoms with Gasteiger partial charge in [0.05, 0.1) is 0 Å². The number of unbranched alkanes of at least 4 members (excludes halogenated alkanes) is 1. The first-order valence-electron chi connectivity index (χ1n) is 7.40. The van der Waals surface area contributed by atoms with Gasteiger partial charge in [-0.1, -0.05) is 56.0 Å². The van der Waals surface area contributed by atoms with Crippen LogP contribution in [0.4, 0.5) is 0 Å². The van der Waals surface area contributed by atoms with Crippen molar-refractivity contribution in [3.63, 3.8) is 0 Å². The highest BCUT2D eigenvalue weighted by molar-refractivity contribution is 6.35. The van der Waals surface area contributed by atoms with Gasteiger partial charge in [0.2, 0.25) is 0 Å². The van der Waals surface area contributed by atoms with Gasteiger partial charge < -0.3 is 10.4 Å². The fraction of sp³-hybridized carbons (Fsp3) is 0.562. The van der Waals surface area contributed by atoms with Gasteiger partial charge in [0, 0.05) is 16.1 Å². The highest BCUT2D eigenvalue weighted by atomic mass is 35.5. The maximum Gasteiger partial charge on any atom is 0.320 e. The van der Waals surface area contributed by atoms with Gasteiger partial charge in [-0.15, -0.1) is 0 Å². The Kier molecular flexibility index (Phi) is 8.09. The Bertz CT molecular complexity index is 466. The van der Waals surface area contributed by atoms with E-state index in [9.17, 15) is 9.90 Å². The van der Waals surface area contributed by atoms with Crippen LogP contribution >= 0.6 is 23.2 Å². The Hall–Kier alpha value is -0.770. The molecule has 0 aliphatic carbocycles. The molecule has 0 spiro atoms. The lowest BCUT2D eigenvalue weighted by molar-refractivity contribution is -0.139. The molecule has 0 aromatic heterocycles. The van der Waals surface area contributed by atoms with E-state index < -0.39 is 12.0 Å². The summed E-state index contributed by atoms with van der Waals surface area (Å²) in [5.74, 6) is -0.788. The van der Waals surface area contributed by atoms with Gasteiger partial charge in [-0.25, -0.2) is 0 Å². The molecule has 21 heavy (non-hydrogen) atoms. The van der Waals surface area contributed by atoms with Gasteiger partial charge in [-0.3, -0.25) is 4.79 Å². The van der Waals surface area contributed by atoms with Crippen LogP contribution < -0.4 is 5.32 Å². The molecule has 0 saturated heterocycles. The molecule has 1 aromatic carbocycles. The Morgan fingerprint density at radius 3 is 2.57 bits per heavy atom. The maximum absolute atomic E-state index is 11.3. The standard InChI is InChI=1S/C16H23Cl2NO2/c1-3-5-6-15(16(20)21)19-13(4-2)9-11-7-8-12(17)10-14(11)18/h7-8,10,13,15,19H,3-6,9H2,1-2H3,(H,20,21)/t13?,15-/m0/s1. The summed E-state index contributed by atoms with van der Waals surface area (Å²) in [6.45, 7) is 4.10. The average molecular weight is 332 g/mol. The molecule has 1 aromatic rings. The van der Waals surface area contributed by atoms with Crippen molar-refractivity contribution in [3.8, 4) is 0 Å². The summed E-state index contributed by atoms with van der Waals surface area (Å²) in [5, 5.41) is 13.8. The fourth-order valence-electron chi connectivity index (χ4n) is 2.24. The molecular weight excluding hydrogens is 309 g/mol. The van der Waals surface area contributed by atoms with Gasteiger partial charge in [0.15, 0.2) is 0 Å². The molecule has 3 nitrogen and oxygen atoms in total. The van der Waals surface area contributed by atoms with Gasteiger partial charge in [-0.2, -0.15) is 0 Å². The van der Waals surface area contributed by atoms with Crippen molar-refractivity contribution in [3.05, 3.63) is 33.8 Å². The summed E-state index contributed by atoms with van der Waals surface area (Å²) in [4.78, 5) is 11.3. The molecule has 0 radical (unpaired) electrons. The highest BCUT2D eigenvalue weighted by Gasteiger charge is 2.20. The lowest BCUT2D eigenvalue weighted by atomic mass is 10.0. The first-order valence-corrected chi connectivity index (χ1v) is 8.16. The Balaban J connectivity index is 2.70. The first-order chi connectivity index (χ1) is 9.97. The van der Waals surface area contributed by atoms with Crippen LogP contribution in [0.1, 0.15) is 45.1 Å². The average Bonchev–Trinajstić information content (AvgIpc) is 2.44. The number of halogens is 2. The van der Waals surface area contributed by atoms with Crippen LogP contribution in [0.3, 0.4) is 0 Å². The highest BCUT2D eigenvalue weighted by Crippen LogP contribution is 2.22. The largest absolute Gasteiger partial charge is 0.480 e. The van der Waals surface area contributed by atoms with E-state index >= 15 is 0 Å². The lowest BCUT2D eigenvalue weighted by Gasteiger charge is -2.23. The molecule has 0 aliphatic heterocycles. The van der Waals surface area contributed by atoms with Crippen molar-refractivity contribution < 1.29 is 9.90 Å². The number of rotatable bonds is 9. The lowest BCUT2D eigenvalue weighted by Crippen LogP contribution is -2.44. The van der Waals surface area contributed by atoms with Crippen molar-refractivity contribution in [2.24, 2.45) is 0 Å². The third kappa shape index (κ3) is 6.25. The van der Waals surface area contributed by atoms with E-state index in [2.05, 4.69) is 12.2 Å². The molecule has 0 amide bonds. The third-order valence-electron chi connectivity index (χ3n) is 3.56. The Morgan fingerprint density at radius 1 is 1.33 bits per heavy atom. The van der Waals surface area contributed by atoms with Crippen molar-refractivity contribution in [1.29, 1.82) is 0 Å². The molecule has 1 rings (SSSR count). The fourth-order valence-corrected chi connectivity index (χ4v) is 2.73. The number of hydrogen-bond acceptors (Lipinski definition) is 2. The van der Waals surface area contributed by atoms with Crippen molar-refractivity contribution in [2.75, 3.05) is 0 Å². The minimum atomic E-state index is -0.788. The number of carboxylic acid groups (broad SMARTS) is 1. The second-order valence-electron chi connectivity index (χ2n) is 5.24. The van der Waals surface area contributed by atoms with E-state index in [1.54, 1.807) is 12.1 Å². The summed E-state index contributed by atoms with van der Waals surface area (Å²) in [5.41, 5.74) is 0.986. The quantitative estimate of drug-likeness (QED) is 0.697. The predicted molar refractivity (Wildman–Crippen MR) is 88.3 cm³/mol. The number of carbonyl (C=O) groups is 1. The monoisotopic (exact) mass is 331 g/mol. The predicted octanol–water partition coefficient (Wildman–Crippen LogP) is 4.55. The molecule has 0 aliphatic rings. The summed E-state index contributed by atoms with van der Waals surface area (Å²) in [6.07, 6.45) is 4.08. The zero-order valence-electron chi connectivity index (χ0n) is 12.5. The number of carboxylic acids is 1. The Morgan fingerprint density at radius 2 is 2.05 bits per heavy atom. The summed E-state index contributed by atoms with van der Waals surface area (Å²) >= 11 is 12.1. The number of nitrogens with one attached hydrogen (secondary N) is 1. The maximum atomic E-state index is 11.3. The molecule has 118 valence electrons. The number of aliphatic carboxylic acids is 1. The first kappa shape index (κ1) is 18.3. The second-order valence-corrected chi connectivity index (χ2v) is 6.09. The van der Waals surface area contributed by atoms with Gasteiger partial charge >= 0.3 is 5.97 Å². The molecule has 2 N–H and O–H groups in total. The van der Waals surface area contributed by atoms with Crippen LogP contribution in [0, 0.1) is 0 Å². The van der Waals surface area contributed by atoms with Gasteiger partial charge in [0.1, 0.15) is 6.04 Å². The topological polar surface area (TPSA) is 49.3 Å². The normalized spacial score (nSPS) is 13.9. The van der Waals surface area contributed by atoms with Crippen LogP contribution in [0.2, 0.25) is 10.0 Å². The molecular formula is C16H23Cl2NO2. The van der Waals surface area contributed by atoms with E-state index in [1.165, 1.54) is 0 Å². The summed E-state index contributed by atoms with van der Waals surface area (Å²) < 4.78 is 0. The van der Waals surface area contributed by atoms with E-state index in [0.717, 1.165) is 24.8 Å². The molecule has 0 saturated carbocycles. The van der Waals surface area contributed by atoms with Gasteiger partial charge in [-0.05, 0) is 37.0 Å². The molecule has 1 unspecified atom stereocenters. The van der Waals surface area contributed by atoms with Crippen molar-refractivity contribution in [2.45, 2.75) is 58.0 Å². The minimum Gasteiger partial charge on any atom is -0.480 e. The number of hydrogen-bond donors (Lipinski definition) is 2. The van der Waals surface area contributed by atoms with Crippen LogP contribution in [-0.2, 0) is 11.2 Å². The minimum absolute atomic E-state index is 0.0848. The van der Waals surface area contributed by atoms with Crippen LogP contribution in [0.25, 0.3) is 0 Å². The van der Waals surface area contributed by atoms with E-state index in [4.69, 9.17) is 23.2 Å². The molecule has 0 fully saturated rings. The molecule has 5 heteroatoms.